The Morgan fingerprint density at radius 2 is 1.96 bits per heavy atom. The molecule has 0 fully saturated rings. The molecule has 0 radical (unpaired) electrons. The van der Waals surface area contributed by atoms with Gasteiger partial charge in [0.05, 0.1) is 17.4 Å². The Bertz CT molecular complexity index is 841. The predicted molar refractivity (Wildman–Crippen MR) is 84.1 cm³/mol. The van der Waals surface area contributed by atoms with Crippen molar-refractivity contribution in [3.8, 4) is 17.1 Å². The third-order valence-corrected chi connectivity index (χ3v) is 3.72. The van der Waals surface area contributed by atoms with Gasteiger partial charge in [-0.1, -0.05) is 23.4 Å². The zero-order valence-electron chi connectivity index (χ0n) is 13.6. The van der Waals surface area contributed by atoms with Crippen molar-refractivity contribution in [2.24, 2.45) is 0 Å². The van der Waals surface area contributed by atoms with Crippen LogP contribution in [0.3, 0.4) is 0 Å². The van der Waals surface area contributed by atoms with Crippen molar-refractivity contribution in [2.75, 3.05) is 7.05 Å². The fourth-order valence-electron chi connectivity index (χ4n) is 2.36. The van der Waals surface area contributed by atoms with E-state index in [1.54, 1.807) is 37.4 Å². The van der Waals surface area contributed by atoms with E-state index >= 15 is 0 Å². The lowest BCUT2D eigenvalue weighted by Crippen LogP contribution is -2.24. The van der Waals surface area contributed by atoms with Crippen LogP contribution in [-0.4, -0.2) is 33.0 Å². The number of rotatable bonds is 5. The van der Waals surface area contributed by atoms with E-state index < -0.39 is 11.9 Å². The number of benzene rings is 1. The average Bonchev–Trinajstić information content (AvgIpc) is 3.21. The summed E-state index contributed by atoms with van der Waals surface area (Å²) in [7, 11) is 1.78. The highest BCUT2D eigenvalue weighted by molar-refractivity contribution is 5.58. The molecular weight excluding hydrogens is 335 g/mol. The first kappa shape index (κ1) is 17.2. The molecule has 132 valence electrons. The summed E-state index contributed by atoms with van der Waals surface area (Å²) >= 11 is 0. The van der Waals surface area contributed by atoms with E-state index in [0.29, 0.717) is 17.9 Å². The van der Waals surface area contributed by atoms with Gasteiger partial charge < -0.3 is 9.84 Å². The van der Waals surface area contributed by atoms with Crippen LogP contribution in [0.1, 0.15) is 18.4 Å². The molecule has 3 aromatic rings. The van der Waals surface area contributed by atoms with E-state index in [1.165, 1.54) is 0 Å². The van der Waals surface area contributed by atoms with E-state index in [2.05, 4.69) is 20.6 Å². The number of halogens is 3. The first-order valence-electron chi connectivity index (χ1n) is 7.61. The summed E-state index contributed by atoms with van der Waals surface area (Å²) in [5, 5.41) is 10.6. The smallest absolute Gasteiger partial charge is 0.334 e. The number of nitrogens with zero attached hydrogens (tertiary/aromatic N) is 4. The summed E-state index contributed by atoms with van der Waals surface area (Å²) in [6.45, 7) is 1.91. The van der Waals surface area contributed by atoms with Gasteiger partial charge in [0.1, 0.15) is 0 Å². The molecule has 0 aliphatic rings. The highest BCUT2D eigenvalue weighted by Gasteiger charge is 2.40. The molecule has 6 nitrogen and oxygen atoms in total. The van der Waals surface area contributed by atoms with Gasteiger partial charge in [0.25, 0.3) is 5.89 Å². The van der Waals surface area contributed by atoms with Crippen molar-refractivity contribution >= 4 is 0 Å². The highest BCUT2D eigenvalue weighted by Crippen LogP contribution is 2.37. The Morgan fingerprint density at radius 3 is 2.60 bits per heavy atom. The van der Waals surface area contributed by atoms with Crippen molar-refractivity contribution in [1.29, 1.82) is 0 Å². The molecule has 1 N–H and O–H groups in total. The number of hydrogen-bond donors (Lipinski definition) is 1. The van der Waals surface area contributed by atoms with Gasteiger partial charge in [0, 0.05) is 12.5 Å². The van der Waals surface area contributed by atoms with Gasteiger partial charge in [0.15, 0.2) is 11.5 Å². The maximum absolute atomic E-state index is 13.6. The van der Waals surface area contributed by atoms with E-state index in [-0.39, 0.29) is 17.5 Å². The maximum atomic E-state index is 13.6. The van der Waals surface area contributed by atoms with Gasteiger partial charge in [0.2, 0.25) is 0 Å². The number of aromatic nitrogens is 4. The number of para-hydroxylation sites is 1. The first-order chi connectivity index (χ1) is 11.9. The second-order valence-corrected chi connectivity index (χ2v) is 5.56. The molecule has 9 heteroatoms. The van der Waals surface area contributed by atoms with Gasteiger partial charge in [-0.2, -0.15) is 23.3 Å². The van der Waals surface area contributed by atoms with Crippen LogP contribution in [0.25, 0.3) is 17.1 Å². The van der Waals surface area contributed by atoms with Crippen LogP contribution in [0.4, 0.5) is 13.2 Å². The van der Waals surface area contributed by atoms with E-state index in [0.717, 1.165) is 10.9 Å². The largest absolute Gasteiger partial charge is 0.434 e. The minimum atomic E-state index is -4.63. The Hall–Kier alpha value is -2.68. The monoisotopic (exact) mass is 351 g/mol. The third-order valence-electron chi connectivity index (χ3n) is 3.72. The summed E-state index contributed by atoms with van der Waals surface area (Å²) in [6, 6.07) is 8.15. The molecule has 0 amide bonds. The molecule has 0 aliphatic heterocycles. The van der Waals surface area contributed by atoms with Crippen LogP contribution in [0, 0.1) is 0 Å². The van der Waals surface area contributed by atoms with E-state index in [4.69, 9.17) is 4.52 Å². The molecule has 1 aromatic carbocycles. The van der Waals surface area contributed by atoms with Crippen LogP contribution in [-0.2, 0) is 12.6 Å². The summed E-state index contributed by atoms with van der Waals surface area (Å²) < 4.78 is 46.7. The minimum Gasteiger partial charge on any atom is -0.334 e. The lowest BCUT2D eigenvalue weighted by atomic mass is 10.2. The summed E-state index contributed by atoms with van der Waals surface area (Å²) in [4.78, 5) is 4.08. The lowest BCUT2D eigenvalue weighted by Gasteiger charge is -2.11. The Morgan fingerprint density at radius 1 is 1.24 bits per heavy atom. The first-order valence-corrected chi connectivity index (χ1v) is 7.61. The molecule has 0 saturated heterocycles. The predicted octanol–water partition coefficient (Wildman–Crippen LogP) is 3.09. The van der Waals surface area contributed by atoms with Gasteiger partial charge in [-0.05, 0) is 26.1 Å². The maximum Gasteiger partial charge on any atom is 0.434 e. The highest BCUT2D eigenvalue weighted by atomic mass is 19.4. The van der Waals surface area contributed by atoms with Crippen molar-refractivity contribution in [3.05, 3.63) is 48.0 Å². The number of likely N-dealkylation sites (N-methyl/N-ethyl adjacent to an activating group) is 1. The molecule has 1 atom stereocenters. The van der Waals surface area contributed by atoms with Crippen molar-refractivity contribution in [1.82, 2.24) is 25.2 Å². The van der Waals surface area contributed by atoms with E-state index in [9.17, 15) is 13.2 Å². The second-order valence-electron chi connectivity index (χ2n) is 5.56. The fourth-order valence-corrected chi connectivity index (χ4v) is 2.36. The zero-order valence-corrected chi connectivity index (χ0v) is 13.6. The van der Waals surface area contributed by atoms with Crippen molar-refractivity contribution < 1.29 is 17.7 Å². The molecule has 3 rings (SSSR count). The summed E-state index contributed by atoms with van der Waals surface area (Å²) in [6.07, 6.45) is -3.10. The molecule has 0 aliphatic carbocycles. The number of alkyl halides is 3. The number of nitrogens with one attached hydrogen (secondary N) is 1. The SMILES string of the molecule is CNC(C)Cc1noc(-c2cnn(-c3ccccc3)c2C(F)(F)F)n1. The Kier molecular flexibility index (Phi) is 4.58. The van der Waals surface area contributed by atoms with Crippen LogP contribution in [0.2, 0.25) is 0 Å². The fraction of sp³-hybridized carbons (Fsp3) is 0.312. The average molecular weight is 351 g/mol. The van der Waals surface area contributed by atoms with Gasteiger partial charge in [-0.3, -0.25) is 0 Å². The third kappa shape index (κ3) is 3.55. The molecule has 1 unspecified atom stereocenters. The molecule has 0 spiro atoms. The minimum absolute atomic E-state index is 0.0691. The quantitative estimate of drug-likeness (QED) is 0.765. The van der Waals surface area contributed by atoms with Crippen molar-refractivity contribution in [2.45, 2.75) is 25.6 Å². The van der Waals surface area contributed by atoms with Crippen molar-refractivity contribution in [3.63, 3.8) is 0 Å². The van der Waals surface area contributed by atoms with Crippen LogP contribution in [0.15, 0.2) is 41.1 Å². The van der Waals surface area contributed by atoms with Gasteiger partial charge >= 0.3 is 6.18 Å². The summed E-state index contributed by atoms with van der Waals surface area (Å²) in [5.74, 6) is 0.130. The number of hydrogen-bond acceptors (Lipinski definition) is 5. The topological polar surface area (TPSA) is 68.8 Å². The van der Waals surface area contributed by atoms with E-state index in [1.807, 2.05) is 6.92 Å². The summed E-state index contributed by atoms with van der Waals surface area (Å²) in [5.41, 5.74) is -0.896. The molecular formula is C16H16F3N5O. The molecule has 0 saturated carbocycles. The Balaban J connectivity index is 2.04. The molecule has 2 aromatic heterocycles. The molecule has 0 bridgehead atoms. The zero-order chi connectivity index (χ0) is 18.0. The second kappa shape index (κ2) is 6.67. The van der Waals surface area contributed by atoms with Gasteiger partial charge in [-0.15, -0.1) is 0 Å². The Labute approximate surface area is 141 Å². The normalized spacial score (nSPS) is 13.2. The molecule has 25 heavy (non-hydrogen) atoms. The molecule has 2 heterocycles. The van der Waals surface area contributed by atoms with Crippen LogP contribution in [0.5, 0.6) is 0 Å². The van der Waals surface area contributed by atoms with Crippen LogP contribution < -0.4 is 5.32 Å². The standard InChI is InChI=1S/C16H16F3N5O/c1-10(20-2)8-13-22-15(25-23-13)12-9-21-24(14(12)16(17,18)19)11-6-4-3-5-7-11/h3-7,9-10,20H,8H2,1-2H3. The van der Waals surface area contributed by atoms with Gasteiger partial charge in [-0.25, -0.2) is 4.68 Å². The lowest BCUT2D eigenvalue weighted by molar-refractivity contribution is -0.142. The van der Waals surface area contributed by atoms with Crippen LogP contribution >= 0.6 is 0 Å².